The Morgan fingerprint density at radius 1 is 0.676 bits per heavy atom. The second-order valence-corrected chi connectivity index (χ2v) is 12.2. The third-order valence-electron chi connectivity index (χ3n) is 6.63. The topological polar surface area (TPSA) is 110 Å². The molecule has 5 N–H and O–H groups in total. The maximum absolute atomic E-state index is 14.4. The highest BCUT2D eigenvalue weighted by Gasteiger charge is 2.27. The minimum absolute atomic E-state index is 0.0646. The van der Waals surface area contributed by atoms with Gasteiger partial charge < -0.3 is 30.3 Å². The van der Waals surface area contributed by atoms with E-state index >= 15 is 0 Å². The number of rotatable bonds is 9. The van der Waals surface area contributed by atoms with Gasteiger partial charge in [-0.25, -0.2) is 0 Å². The van der Waals surface area contributed by atoms with E-state index in [2.05, 4.69) is 5.32 Å². The molecule has 4 aromatic rings. The van der Waals surface area contributed by atoms with Crippen molar-refractivity contribution in [2.24, 2.45) is 0 Å². The van der Waals surface area contributed by atoms with Gasteiger partial charge in [0.15, 0.2) is 7.14 Å². The number of aryl methyl sites for hydroxylation is 2. The molecule has 0 unspecified atom stereocenters. The summed E-state index contributed by atoms with van der Waals surface area (Å²) in [5.74, 6) is -0.757. The summed E-state index contributed by atoms with van der Waals surface area (Å²) < 4.78 is 14.4. The van der Waals surface area contributed by atoms with Crippen molar-refractivity contribution in [3.63, 3.8) is 0 Å². The Labute approximate surface area is 217 Å². The highest BCUT2D eigenvalue weighted by atomic mass is 31.2. The number of phenolic OH excluding ortho intramolecular Hbond substituents is 4. The predicted molar refractivity (Wildman–Crippen MR) is 148 cm³/mol. The second-order valence-electron chi connectivity index (χ2n) is 9.40. The first-order valence-electron chi connectivity index (χ1n) is 12.2. The van der Waals surface area contributed by atoms with Crippen LogP contribution in [0.5, 0.6) is 23.0 Å². The largest absolute Gasteiger partial charge is 0.508 e. The van der Waals surface area contributed by atoms with Gasteiger partial charge in [0, 0.05) is 39.8 Å². The fourth-order valence-corrected chi connectivity index (χ4v) is 6.92. The van der Waals surface area contributed by atoms with E-state index < -0.39 is 13.1 Å². The molecule has 4 rings (SSSR count). The fourth-order valence-electron chi connectivity index (χ4n) is 4.52. The number of hydrogen-bond acceptors (Lipinski definition) is 6. The van der Waals surface area contributed by atoms with Crippen LogP contribution >= 0.6 is 7.14 Å². The van der Waals surface area contributed by atoms with Gasteiger partial charge in [0.2, 0.25) is 0 Å². The molecule has 0 aromatic heterocycles. The Morgan fingerprint density at radius 3 is 1.51 bits per heavy atom. The summed E-state index contributed by atoms with van der Waals surface area (Å²) in [7, 11) is -2.98. The lowest BCUT2D eigenvalue weighted by atomic mass is 9.87. The summed E-state index contributed by atoms with van der Waals surface area (Å²) in [6.07, 6.45) is 0.702. The molecule has 0 heterocycles. The van der Waals surface area contributed by atoms with Crippen LogP contribution in [0.4, 0.5) is 0 Å². The van der Waals surface area contributed by atoms with E-state index in [1.54, 1.807) is 12.1 Å². The number of phenols is 4. The average Bonchev–Trinajstić information content (AvgIpc) is 2.86. The molecule has 0 bridgehead atoms. The molecule has 0 aliphatic carbocycles. The lowest BCUT2D eigenvalue weighted by Gasteiger charge is -2.23. The Kier molecular flexibility index (Phi) is 7.91. The van der Waals surface area contributed by atoms with Crippen molar-refractivity contribution in [2.75, 3.05) is 12.8 Å². The van der Waals surface area contributed by atoms with Crippen LogP contribution < -0.4 is 15.9 Å². The first-order chi connectivity index (χ1) is 17.7. The highest BCUT2D eigenvalue weighted by Crippen LogP contribution is 2.43. The Bertz CT molecular complexity index is 1320. The van der Waals surface area contributed by atoms with Gasteiger partial charge in [-0.3, -0.25) is 0 Å². The zero-order valence-corrected chi connectivity index (χ0v) is 21.8. The molecule has 0 aliphatic rings. The minimum atomic E-state index is -2.98. The first-order valence-corrected chi connectivity index (χ1v) is 14.0. The van der Waals surface area contributed by atoms with Crippen LogP contribution in [0, 0.1) is 13.8 Å². The van der Waals surface area contributed by atoms with Crippen LogP contribution in [0.2, 0.25) is 0 Å². The Hall–Kier alpha value is -3.73. The van der Waals surface area contributed by atoms with Crippen molar-refractivity contribution < 1.29 is 25.0 Å². The molecular formula is C30H32NO5P. The zero-order chi connectivity index (χ0) is 26.6. The summed E-state index contributed by atoms with van der Waals surface area (Å²) in [5.41, 5.74) is 3.25. The molecule has 0 fully saturated rings. The SMILES string of the molecule is Cc1ccc(P(=O)(CNCCC(c2ccc(O)cc2O)c2ccc(O)cc2O)c2ccc(C)cc2)cc1. The van der Waals surface area contributed by atoms with Crippen LogP contribution in [-0.2, 0) is 4.57 Å². The molecule has 0 saturated heterocycles. The van der Waals surface area contributed by atoms with Gasteiger partial charge in [-0.05, 0) is 38.9 Å². The van der Waals surface area contributed by atoms with E-state index in [9.17, 15) is 25.0 Å². The van der Waals surface area contributed by atoms with Crippen LogP contribution in [0.3, 0.4) is 0 Å². The number of benzene rings is 4. The molecule has 4 aromatic carbocycles. The van der Waals surface area contributed by atoms with Gasteiger partial charge in [-0.1, -0.05) is 71.8 Å². The molecule has 37 heavy (non-hydrogen) atoms. The van der Waals surface area contributed by atoms with Crippen molar-refractivity contribution >= 4 is 17.8 Å². The minimum Gasteiger partial charge on any atom is -0.508 e. The van der Waals surface area contributed by atoms with E-state index in [1.165, 1.54) is 24.3 Å². The summed E-state index contributed by atoms with van der Waals surface area (Å²) in [6.45, 7) is 4.43. The zero-order valence-electron chi connectivity index (χ0n) is 20.9. The van der Waals surface area contributed by atoms with Crippen LogP contribution in [0.1, 0.15) is 34.6 Å². The molecule has 0 aliphatic heterocycles. The maximum atomic E-state index is 14.4. The van der Waals surface area contributed by atoms with Crippen LogP contribution in [0.25, 0.3) is 0 Å². The molecule has 0 radical (unpaired) electrons. The standard InChI is InChI=1S/C30H32NO5P/c1-20-3-9-24(10-4-20)37(36,25-11-5-21(2)6-12-25)19-31-16-15-26(27-13-7-22(32)17-29(27)34)28-14-8-23(33)18-30(28)35/h3-14,17-18,26,31-35H,15-16,19H2,1-2H3. The van der Waals surface area contributed by atoms with Crippen molar-refractivity contribution in [3.05, 3.63) is 107 Å². The molecular weight excluding hydrogens is 485 g/mol. The molecule has 0 atom stereocenters. The third-order valence-corrected chi connectivity index (χ3v) is 9.56. The van der Waals surface area contributed by atoms with Crippen molar-refractivity contribution in [1.29, 1.82) is 0 Å². The molecule has 0 amide bonds. The summed E-state index contributed by atoms with van der Waals surface area (Å²) >= 11 is 0. The smallest absolute Gasteiger partial charge is 0.156 e. The molecule has 192 valence electrons. The fraction of sp³-hybridized carbons (Fsp3) is 0.200. The van der Waals surface area contributed by atoms with Crippen LogP contribution in [-0.4, -0.2) is 33.3 Å². The van der Waals surface area contributed by atoms with Gasteiger partial charge >= 0.3 is 0 Å². The summed E-state index contributed by atoms with van der Waals surface area (Å²) in [6, 6.07) is 24.3. The number of hydrogen-bond donors (Lipinski definition) is 5. The van der Waals surface area contributed by atoms with E-state index in [0.29, 0.717) is 24.1 Å². The quantitative estimate of drug-likeness (QED) is 0.154. The van der Waals surface area contributed by atoms with E-state index in [0.717, 1.165) is 21.7 Å². The predicted octanol–water partition coefficient (Wildman–Crippen LogP) is 5.21. The van der Waals surface area contributed by atoms with Gasteiger partial charge in [0.25, 0.3) is 0 Å². The van der Waals surface area contributed by atoms with Crippen molar-refractivity contribution in [2.45, 2.75) is 26.2 Å². The number of aromatic hydroxyl groups is 4. The monoisotopic (exact) mass is 517 g/mol. The van der Waals surface area contributed by atoms with Crippen molar-refractivity contribution in [3.8, 4) is 23.0 Å². The van der Waals surface area contributed by atoms with Crippen LogP contribution in [0.15, 0.2) is 84.9 Å². The third kappa shape index (κ3) is 5.99. The van der Waals surface area contributed by atoms with Gasteiger partial charge in [0.05, 0.1) is 6.29 Å². The first kappa shape index (κ1) is 26.3. The lowest BCUT2D eigenvalue weighted by molar-refractivity contribution is 0.433. The van der Waals surface area contributed by atoms with Crippen molar-refractivity contribution in [1.82, 2.24) is 5.32 Å². The van der Waals surface area contributed by atoms with Gasteiger partial charge in [-0.2, -0.15) is 0 Å². The normalized spacial score (nSPS) is 11.6. The van der Waals surface area contributed by atoms with Gasteiger partial charge in [-0.15, -0.1) is 0 Å². The lowest BCUT2D eigenvalue weighted by Crippen LogP contribution is -2.28. The molecule has 0 spiro atoms. The maximum Gasteiger partial charge on any atom is 0.156 e. The molecule has 0 saturated carbocycles. The Balaban J connectivity index is 1.59. The van der Waals surface area contributed by atoms with E-state index in [-0.39, 0.29) is 29.3 Å². The summed E-state index contributed by atoms with van der Waals surface area (Å²) in [4.78, 5) is 0. The average molecular weight is 518 g/mol. The summed E-state index contributed by atoms with van der Waals surface area (Å²) in [5, 5.41) is 45.5. The van der Waals surface area contributed by atoms with Gasteiger partial charge in [0.1, 0.15) is 23.0 Å². The molecule has 6 nitrogen and oxygen atoms in total. The highest BCUT2D eigenvalue weighted by molar-refractivity contribution is 7.78. The van der Waals surface area contributed by atoms with E-state index in [4.69, 9.17) is 0 Å². The van der Waals surface area contributed by atoms with E-state index in [1.807, 2.05) is 62.4 Å². The second kappa shape index (κ2) is 11.1. The molecule has 7 heteroatoms. The Morgan fingerprint density at radius 2 is 1.11 bits per heavy atom. The number of nitrogens with one attached hydrogen (secondary N) is 1.